The van der Waals surface area contributed by atoms with E-state index in [9.17, 15) is 4.79 Å². The highest BCUT2D eigenvalue weighted by Gasteiger charge is 2.66. The minimum absolute atomic E-state index is 0.0434. The lowest BCUT2D eigenvalue weighted by atomic mass is 9.77. The fourth-order valence-corrected chi connectivity index (χ4v) is 5.11. The van der Waals surface area contributed by atoms with Crippen molar-refractivity contribution in [1.29, 1.82) is 0 Å². The molecule has 1 aliphatic carbocycles. The molecule has 5 atom stereocenters. The highest BCUT2D eigenvalue weighted by atomic mass is 28.4. The summed E-state index contributed by atoms with van der Waals surface area (Å²) in [7, 11) is -0.315. The smallest absolute Gasteiger partial charge is 0.302 e. The van der Waals surface area contributed by atoms with Crippen LogP contribution < -0.4 is 4.74 Å². The first-order valence-electron chi connectivity index (χ1n) is 11.1. The Balaban J connectivity index is 1.78. The van der Waals surface area contributed by atoms with E-state index < -0.39 is 8.32 Å². The molecule has 0 radical (unpaired) electrons. The van der Waals surface area contributed by atoms with Crippen LogP contribution in [0.1, 0.15) is 46.6 Å². The zero-order valence-corrected chi connectivity index (χ0v) is 21.2. The van der Waals surface area contributed by atoms with Crippen LogP contribution in [0.5, 0.6) is 5.75 Å². The zero-order valence-electron chi connectivity index (χ0n) is 20.2. The molecule has 3 rings (SSSR count). The predicted molar refractivity (Wildman–Crippen MR) is 122 cm³/mol. The number of carbonyl (C=O) groups excluding carboxylic acids is 1. The Morgan fingerprint density at radius 3 is 2.42 bits per heavy atom. The van der Waals surface area contributed by atoms with Crippen LogP contribution in [0.25, 0.3) is 0 Å². The summed E-state index contributed by atoms with van der Waals surface area (Å²) in [6.07, 6.45) is 0.234. The lowest BCUT2D eigenvalue weighted by molar-refractivity contribution is -0.160. The number of ether oxygens (including phenoxy) is 4. The molecule has 0 aromatic heterocycles. The zero-order chi connectivity index (χ0) is 23.0. The average molecular weight is 451 g/mol. The monoisotopic (exact) mass is 450 g/mol. The number of fused-ring (bicyclic) bond motifs is 1. The van der Waals surface area contributed by atoms with Crippen molar-refractivity contribution < 1.29 is 28.2 Å². The van der Waals surface area contributed by atoms with Crippen LogP contribution in [0.4, 0.5) is 0 Å². The van der Waals surface area contributed by atoms with Crippen molar-refractivity contribution in [1.82, 2.24) is 0 Å². The lowest BCUT2D eigenvalue weighted by Gasteiger charge is -2.42. The highest BCUT2D eigenvalue weighted by Crippen LogP contribution is 2.52. The maximum absolute atomic E-state index is 11.8. The molecule has 0 N–H and O–H groups in total. The number of methoxy groups -OCH3 is 1. The maximum atomic E-state index is 11.8. The lowest BCUT2D eigenvalue weighted by Crippen LogP contribution is -2.53. The van der Waals surface area contributed by atoms with Crippen molar-refractivity contribution in [3.8, 4) is 5.75 Å². The van der Waals surface area contributed by atoms with Gasteiger partial charge in [-0.05, 0) is 42.8 Å². The number of hydrogen-bond donors (Lipinski definition) is 0. The summed E-state index contributed by atoms with van der Waals surface area (Å²) in [5, 5.41) is 0.0978. The third kappa shape index (κ3) is 5.33. The molecule has 0 unspecified atom stereocenters. The molecule has 1 saturated heterocycles. The van der Waals surface area contributed by atoms with Gasteiger partial charge >= 0.3 is 5.97 Å². The Morgan fingerprint density at radius 2 is 1.87 bits per heavy atom. The van der Waals surface area contributed by atoms with Crippen LogP contribution in [0, 0.1) is 5.92 Å². The summed E-state index contributed by atoms with van der Waals surface area (Å²) in [6.45, 7) is 15.6. The van der Waals surface area contributed by atoms with Gasteiger partial charge < -0.3 is 23.4 Å². The molecule has 174 valence electrons. The Hall–Kier alpha value is -1.41. The first-order chi connectivity index (χ1) is 14.4. The number of rotatable bonds is 8. The van der Waals surface area contributed by atoms with Gasteiger partial charge in [0.05, 0.1) is 25.9 Å². The molecule has 0 bridgehead atoms. The van der Waals surface area contributed by atoms with Gasteiger partial charge in [0.25, 0.3) is 0 Å². The molecule has 31 heavy (non-hydrogen) atoms. The summed E-state index contributed by atoms with van der Waals surface area (Å²) < 4.78 is 30.1. The predicted octanol–water partition coefficient (Wildman–Crippen LogP) is 4.71. The molecular weight excluding hydrogens is 412 g/mol. The Labute approximate surface area is 187 Å². The topological polar surface area (TPSA) is 66.5 Å². The van der Waals surface area contributed by atoms with Crippen molar-refractivity contribution in [2.75, 3.05) is 13.7 Å². The largest absolute Gasteiger partial charge is 0.497 e. The first kappa shape index (κ1) is 24.2. The summed E-state index contributed by atoms with van der Waals surface area (Å²) in [5.74, 6) is 0.454. The minimum atomic E-state index is -1.97. The van der Waals surface area contributed by atoms with Gasteiger partial charge in [-0.25, -0.2) is 0 Å². The molecule has 2 fully saturated rings. The molecule has 1 aromatic carbocycles. The molecule has 2 aliphatic rings. The van der Waals surface area contributed by atoms with E-state index >= 15 is 0 Å². The Kier molecular flexibility index (Phi) is 6.92. The van der Waals surface area contributed by atoms with E-state index in [-0.39, 0.29) is 40.8 Å². The van der Waals surface area contributed by atoms with Crippen LogP contribution in [0.3, 0.4) is 0 Å². The summed E-state index contributed by atoms with van der Waals surface area (Å²) in [5.41, 5.74) is 0.685. The molecule has 0 spiro atoms. The minimum Gasteiger partial charge on any atom is -0.497 e. The van der Waals surface area contributed by atoms with Gasteiger partial charge in [-0.1, -0.05) is 32.9 Å². The van der Waals surface area contributed by atoms with Crippen LogP contribution in [0.15, 0.2) is 24.3 Å². The van der Waals surface area contributed by atoms with E-state index in [1.54, 1.807) is 7.11 Å². The summed E-state index contributed by atoms with van der Waals surface area (Å²) >= 11 is 0. The molecule has 1 aromatic rings. The Bertz CT molecular complexity index is 771. The quantitative estimate of drug-likeness (QED) is 0.325. The third-order valence-corrected chi connectivity index (χ3v) is 11.7. The number of benzene rings is 1. The Morgan fingerprint density at radius 1 is 1.23 bits per heavy atom. The summed E-state index contributed by atoms with van der Waals surface area (Å²) in [4.78, 5) is 11.8. The second-order valence-corrected chi connectivity index (χ2v) is 15.3. The fraction of sp³-hybridized carbons (Fsp3) is 0.708. The SMILES string of the molecule is COc1ccc(CO[C@H]2[C@@H](CO[Si](C)(C)C(C)(C)C)[C@H](OC(C)=O)C[C@H]3O[C@]32C)cc1. The number of epoxide rings is 1. The number of hydrogen-bond acceptors (Lipinski definition) is 6. The van der Waals surface area contributed by atoms with Crippen LogP contribution in [-0.2, 0) is 30.0 Å². The van der Waals surface area contributed by atoms with Gasteiger partial charge in [-0.15, -0.1) is 0 Å². The molecule has 1 heterocycles. The van der Waals surface area contributed by atoms with Crippen molar-refractivity contribution in [3.63, 3.8) is 0 Å². The second-order valence-electron chi connectivity index (χ2n) is 10.5. The normalized spacial score (nSPS) is 30.5. The van der Waals surface area contributed by atoms with Crippen molar-refractivity contribution in [2.45, 2.75) is 89.7 Å². The van der Waals surface area contributed by atoms with Gasteiger partial charge in [0.1, 0.15) is 17.5 Å². The second kappa shape index (κ2) is 8.85. The van der Waals surface area contributed by atoms with Gasteiger partial charge in [0.15, 0.2) is 8.32 Å². The van der Waals surface area contributed by atoms with Crippen LogP contribution >= 0.6 is 0 Å². The van der Waals surface area contributed by atoms with Crippen molar-refractivity contribution in [3.05, 3.63) is 29.8 Å². The standard InChI is InChI=1S/C24H38O6Si/c1-16(25)29-20-13-21-24(5,30-21)22(19(20)15-28-31(7,8)23(2,3)4)27-14-17-9-11-18(26-6)12-10-17/h9-12,19-22H,13-15H2,1-8H3/t19-,20+,21+,22-,24+/m0/s1. The van der Waals surface area contributed by atoms with E-state index in [1.807, 2.05) is 24.3 Å². The van der Waals surface area contributed by atoms with E-state index in [2.05, 4.69) is 40.8 Å². The molecule has 1 aliphatic heterocycles. The van der Waals surface area contributed by atoms with Crippen molar-refractivity contribution in [2.24, 2.45) is 5.92 Å². The van der Waals surface area contributed by atoms with Crippen LogP contribution in [0.2, 0.25) is 18.1 Å². The third-order valence-electron chi connectivity index (χ3n) is 7.20. The van der Waals surface area contributed by atoms with Crippen LogP contribution in [-0.4, -0.2) is 51.9 Å². The fourth-order valence-electron chi connectivity index (χ4n) is 4.07. The number of carbonyl (C=O) groups is 1. The van der Waals surface area contributed by atoms with E-state index in [1.165, 1.54) is 6.92 Å². The van der Waals surface area contributed by atoms with Crippen molar-refractivity contribution >= 4 is 14.3 Å². The van der Waals surface area contributed by atoms with Gasteiger partial charge in [0.2, 0.25) is 0 Å². The molecule has 7 heteroatoms. The maximum Gasteiger partial charge on any atom is 0.302 e. The molecule has 6 nitrogen and oxygen atoms in total. The molecular formula is C24H38O6Si. The van der Waals surface area contributed by atoms with E-state index in [0.717, 1.165) is 11.3 Å². The summed E-state index contributed by atoms with van der Waals surface area (Å²) in [6, 6.07) is 7.86. The van der Waals surface area contributed by atoms with E-state index in [0.29, 0.717) is 19.6 Å². The number of esters is 1. The van der Waals surface area contributed by atoms with Gasteiger partial charge in [-0.3, -0.25) is 4.79 Å². The molecule has 0 amide bonds. The van der Waals surface area contributed by atoms with E-state index in [4.69, 9.17) is 23.4 Å². The van der Waals surface area contributed by atoms with Gasteiger partial charge in [-0.2, -0.15) is 0 Å². The molecule has 1 saturated carbocycles. The first-order valence-corrected chi connectivity index (χ1v) is 14.0. The highest BCUT2D eigenvalue weighted by molar-refractivity contribution is 6.74. The van der Waals surface area contributed by atoms with Gasteiger partial charge in [0, 0.05) is 25.9 Å². The average Bonchev–Trinajstić information content (AvgIpc) is 3.34.